The first-order valence-corrected chi connectivity index (χ1v) is 6.67. The number of nitrogens with zero attached hydrogens (tertiary/aromatic N) is 2. The minimum Gasteiger partial charge on any atom is -0.478 e. The second kappa shape index (κ2) is 5.48. The molecule has 1 saturated heterocycles. The number of hydrogen-bond acceptors (Lipinski definition) is 4. The van der Waals surface area contributed by atoms with Crippen LogP contribution in [0.1, 0.15) is 30.6 Å². The number of benzene rings is 1. The van der Waals surface area contributed by atoms with Gasteiger partial charge >= 0.3 is 5.97 Å². The van der Waals surface area contributed by atoms with Crippen LogP contribution >= 0.6 is 0 Å². The number of carboxylic acids is 1. The fourth-order valence-corrected chi connectivity index (χ4v) is 2.63. The largest absolute Gasteiger partial charge is 0.478 e. The number of nitro groups is 1. The third-order valence-electron chi connectivity index (χ3n) is 3.93. The first kappa shape index (κ1) is 14.3. The predicted octanol–water partition coefficient (Wildman–Crippen LogP) is 2.78. The molecular weight excluding hydrogens is 260 g/mol. The lowest BCUT2D eigenvalue weighted by Crippen LogP contribution is -2.23. The topological polar surface area (TPSA) is 83.7 Å². The molecule has 1 aromatic rings. The van der Waals surface area contributed by atoms with E-state index in [4.69, 9.17) is 0 Å². The van der Waals surface area contributed by atoms with Gasteiger partial charge in [-0.1, -0.05) is 13.8 Å². The molecule has 0 radical (unpaired) electrons. The van der Waals surface area contributed by atoms with Crippen LogP contribution in [0.5, 0.6) is 0 Å². The molecule has 1 heterocycles. The first-order chi connectivity index (χ1) is 9.40. The molecule has 1 unspecified atom stereocenters. The molecular formula is C14H18N2O4. The molecule has 1 aliphatic rings. The van der Waals surface area contributed by atoms with Crippen molar-refractivity contribution in [2.75, 3.05) is 18.0 Å². The summed E-state index contributed by atoms with van der Waals surface area (Å²) in [5, 5.41) is 20.1. The number of anilines is 1. The lowest BCUT2D eigenvalue weighted by molar-refractivity contribution is -0.384. The highest BCUT2D eigenvalue weighted by Gasteiger charge is 2.28. The Bertz CT molecular complexity index is 542. The average molecular weight is 278 g/mol. The normalized spacial score (nSPS) is 18.6. The van der Waals surface area contributed by atoms with Gasteiger partial charge in [0.15, 0.2) is 0 Å². The van der Waals surface area contributed by atoms with Crippen molar-refractivity contribution in [3.05, 3.63) is 33.9 Å². The van der Waals surface area contributed by atoms with Crippen LogP contribution in [0.4, 0.5) is 11.4 Å². The van der Waals surface area contributed by atoms with E-state index in [9.17, 15) is 20.0 Å². The van der Waals surface area contributed by atoms with Gasteiger partial charge in [-0.15, -0.1) is 0 Å². The van der Waals surface area contributed by atoms with Crippen LogP contribution in [0.25, 0.3) is 0 Å². The highest BCUT2D eigenvalue weighted by molar-refractivity contribution is 5.95. The molecule has 1 fully saturated rings. The van der Waals surface area contributed by atoms with Crippen LogP contribution in [-0.2, 0) is 0 Å². The van der Waals surface area contributed by atoms with Gasteiger partial charge in [-0.3, -0.25) is 10.1 Å². The highest BCUT2D eigenvalue weighted by atomic mass is 16.6. The van der Waals surface area contributed by atoms with Crippen LogP contribution in [0.15, 0.2) is 18.2 Å². The molecule has 108 valence electrons. The summed E-state index contributed by atoms with van der Waals surface area (Å²) in [5.41, 5.74) is 0.507. The molecule has 6 nitrogen and oxygen atoms in total. The van der Waals surface area contributed by atoms with Crippen molar-refractivity contribution in [1.29, 1.82) is 0 Å². The maximum absolute atomic E-state index is 11.3. The van der Waals surface area contributed by atoms with E-state index in [0.717, 1.165) is 19.5 Å². The fourth-order valence-electron chi connectivity index (χ4n) is 2.63. The summed E-state index contributed by atoms with van der Waals surface area (Å²) in [6, 6.07) is 3.92. The third-order valence-corrected chi connectivity index (χ3v) is 3.93. The summed E-state index contributed by atoms with van der Waals surface area (Å²) in [6.45, 7) is 5.77. The zero-order valence-electron chi connectivity index (χ0n) is 11.6. The van der Waals surface area contributed by atoms with E-state index < -0.39 is 10.9 Å². The number of rotatable bonds is 4. The maximum Gasteiger partial charge on any atom is 0.337 e. The summed E-state index contributed by atoms with van der Waals surface area (Å²) in [4.78, 5) is 23.6. The van der Waals surface area contributed by atoms with Gasteiger partial charge in [0.05, 0.1) is 16.2 Å². The Kier molecular flexibility index (Phi) is 3.92. The third kappa shape index (κ3) is 2.74. The van der Waals surface area contributed by atoms with Crippen molar-refractivity contribution < 1.29 is 14.8 Å². The number of nitro benzene ring substituents is 1. The molecule has 2 rings (SSSR count). The predicted molar refractivity (Wildman–Crippen MR) is 75.2 cm³/mol. The Morgan fingerprint density at radius 1 is 1.50 bits per heavy atom. The fraction of sp³-hybridized carbons (Fsp3) is 0.500. The molecule has 20 heavy (non-hydrogen) atoms. The zero-order chi connectivity index (χ0) is 14.9. The van der Waals surface area contributed by atoms with Gasteiger partial charge in [-0.2, -0.15) is 0 Å². The number of carbonyl (C=O) groups is 1. The molecule has 1 aliphatic heterocycles. The van der Waals surface area contributed by atoms with E-state index in [1.807, 2.05) is 4.90 Å². The minimum absolute atomic E-state index is 0.0713. The standard InChI is InChI=1S/C14H18N2O4/c1-9(2)10-5-6-15(8-10)13-7-11(16(19)20)3-4-12(13)14(17)18/h3-4,7,9-10H,5-6,8H2,1-2H3,(H,17,18). The number of carboxylic acid groups (broad SMARTS) is 1. The van der Waals surface area contributed by atoms with E-state index in [1.165, 1.54) is 18.2 Å². The molecule has 1 atom stereocenters. The monoisotopic (exact) mass is 278 g/mol. The van der Waals surface area contributed by atoms with E-state index >= 15 is 0 Å². The molecule has 1 aromatic carbocycles. The van der Waals surface area contributed by atoms with Crippen LogP contribution < -0.4 is 4.90 Å². The number of hydrogen-bond donors (Lipinski definition) is 1. The van der Waals surface area contributed by atoms with Gasteiger partial charge in [0.25, 0.3) is 5.69 Å². The molecule has 1 N–H and O–H groups in total. The smallest absolute Gasteiger partial charge is 0.337 e. The first-order valence-electron chi connectivity index (χ1n) is 6.67. The van der Waals surface area contributed by atoms with Gasteiger partial charge in [0, 0.05) is 25.2 Å². The van der Waals surface area contributed by atoms with E-state index in [0.29, 0.717) is 17.5 Å². The maximum atomic E-state index is 11.3. The van der Waals surface area contributed by atoms with Crippen LogP contribution in [0.3, 0.4) is 0 Å². The summed E-state index contributed by atoms with van der Waals surface area (Å²) >= 11 is 0. The van der Waals surface area contributed by atoms with Crippen LogP contribution in [-0.4, -0.2) is 29.1 Å². The van der Waals surface area contributed by atoms with Gasteiger partial charge in [-0.25, -0.2) is 4.79 Å². The SMILES string of the molecule is CC(C)C1CCN(c2cc([N+](=O)[O-])ccc2C(=O)O)C1. The van der Waals surface area contributed by atoms with Crippen molar-refractivity contribution in [3.8, 4) is 0 Å². The van der Waals surface area contributed by atoms with E-state index in [1.54, 1.807) is 0 Å². The Balaban J connectivity index is 2.36. The Hall–Kier alpha value is -2.11. The van der Waals surface area contributed by atoms with Gasteiger partial charge in [-0.05, 0) is 24.3 Å². The summed E-state index contributed by atoms with van der Waals surface area (Å²) in [7, 11) is 0. The molecule has 0 spiro atoms. The zero-order valence-corrected chi connectivity index (χ0v) is 11.6. The Morgan fingerprint density at radius 2 is 2.20 bits per heavy atom. The van der Waals surface area contributed by atoms with E-state index in [2.05, 4.69) is 13.8 Å². The van der Waals surface area contributed by atoms with Crippen molar-refractivity contribution >= 4 is 17.3 Å². The quantitative estimate of drug-likeness (QED) is 0.676. The second-order valence-corrected chi connectivity index (χ2v) is 5.50. The van der Waals surface area contributed by atoms with Gasteiger partial charge in [0.1, 0.15) is 0 Å². The van der Waals surface area contributed by atoms with Gasteiger partial charge < -0.3 is 10.0 Å². The molecule has 6 heteroatoms. The van der Waals surface area contributed by atoms with Crippen LogP contribution in [0, 0.1) is 22.0 Å². The van der Waals surface area contributed by atoms with Crippen molar-refractivity contribution in [2.45, 2.75) is 20.3 Å². The van der Waals surface area contributed by atoms with Gasteiger partial charge in [0.2, 0.25) is 0 Å². The van der Waals surface area contributed by atoms with Crippen molar-refractivity contribution in [1.82, 2.24) is 0 Å². The Labute approximate surface area is 117 Å². The molecule has 0 saturated carbocycles. The number of non-ortho nitro benzene ring substituents is 1. The lowest BCUT2D eigenvalue weighted by atomic mass is 9.95. The van der Waals surface area contributed by atoms with Crippen LogP contribution in [0.2, 0.25) is 0 Å². The average Bonchev–Trinajstić information content (AvgIpc) is 2.87. The summed E-state index contributed by atoms with van der Waals surface area (Å²) in [5.74, 6) is -0.0363. The number of aromatic carboxylic acids is 1. The minimum atomic E-state index is -1.05. The molecule has 0 aliphatic carbocycles. The summed E-state index contributed by atoms with van der Waals surface area (Å²) < 4.78 is 0. The van der Waals surface area contributed by atoms with E-state index in [-0.39, 0.29) is 11.3 Å². The van der Waals surface area contributed by atoms with Crippen molar-refractivity contribution in [2.24, 2.45) is 11.8 Å². The molecule has 0 bridgehead atoms. The lowest BCUT2D eigenvalue weighted by Gasteiger charge is -2.21. The molecule has 0 amide bonds. The highest BCUT2D eigenvalue weighted by Crippen LogP contribution is 2.32. The second-order valence-electron chi connectivity index (χ2n) is 5.50. The Morgan fingerprint density at radius 3 is 2.70 bits per heavy atom. The molecule has 0 aromatic heterocycles. The van der Waals surface area contributed by atoms with Crippen molar-refractivity contribution in [3.63, 3.8) is 0 Å². The summed E-state index contributed by atoms with van der Waals surface area (Å²) in [6.07, 6.45) is 0.986.